The maximum Gasteiger partial charge on any atom is 0.274 e. The molecule has 5 nitrogen and oxygen atoms in total. The predicted molar refractivity (Wildman–Crippen MR) is 143 cm³/mol. The van der Waals surface area contributed by atoms with Gasteiger partial charge in [-0.3, -0.25) is 9.69 Å². The van der Waals surface area contributed by atoms with E-state index < -0.39 is 0 Å². The van der Waals surface area contributed by atoms with Crippen molar-refractivity contribution in [2.24, 2.45) is 0 Å². The molecule has 1 aliphatic heterocycles. The Morgan fingerprint density at radius 3 is 2.47 bits per heavy atom. The average Bonchev–Trinajstić information content (AvgIpc) is 3.37. The van der Waals surface area contributed by atoms with Gasteiger partial charge in [-0.1, -0.05) is 47.5 Å². The molecule has 0 N–H and O–H groups in total. The summed E-state index contributed by atoms with van der Waals surface area (Å²) in [5.41, 5.74) is 3.18. The quantitative estimate of drug-likeness (QED) is 0.324. The van der Waals surface area contributed by atoms with E-state index in [2.05, 4.69) is 26.6 Å². The number of hydrogen-bond donors (Lipinski definition) is 0. The van der Waals surface area contributed by atoms with Crippen LogP contribution in [0, 0.1) is 0 Å². The minimum atomic E-state index is -0.00918. The fourth-order valence-electron chi connectivity index (χ4n) is 4.57. The van der Waals surface area contributed by atoms with Gasteiger partial charge in [-0.05, 0) is 47.0 Å². The zero-order valence-corrected chi connectivity index (χ0v) is 21.1. The van der Waals surface area contributed by atoms with Crippen LogP contribution in [0.3, 0.4) is 0 Å². The van der Waals surface area contributed by atoms with E-state index in [1.165, 1.54) is 5.56 Å². The van der Waals surface area contributed by atoms with Crippen LogP contribution in [0.2, 0.25) is 10.0 Å². The molecule has 0 saturated carbocycles. The maximum absolute atomic E-state index is 13.1. The van der Waals surface area contributed by atoms with Gasteiger partial charge in [0.2, 0.25) is 0 Å². The van der Waals surface area contributed by atoms with Crippen molar-refractivity contribution >= 4 is 51.0 Å². The lowest BCUT2D eigenvalue weighted by Gasteiger charge is -2.36. The van der Waals surface area contributed by atoms with Gasteiger partial charge in [-0.2, -0.15) is 16.4 Å². The largest absolute Gasteiger partial charge is 0.368 e. The van der Waals surface area contributed by atoms with Crippen molar-refractivity contribution < 1.29 is 0 Å². The van der Waals surface area contributed by atoms with Crippen molar-refractivity contribution in [1.82, 2.24) is 14.7 Å². The van der Waals surface area contributed by atoms with Crippen LogP contribution < -0.4 is 10.5 Å². The lowest BCUT2D eigenvalue weighted by molar-refractivity contribution is 0.248. The van der Waals surface area contributed by atoms with Crippen LogP contribution in [0.15, 0.2) is 64.1 Å². The molecule has 0 amide bonds. The number of rotatable bonds is 7. The smallest absolute Gasteiger partial charge is 0.274 e. The maximum atomic E-state index is 13.1. The highest BCUT2D eigenvalue weighted by molar-refractivity contribution is 7.07. The van der Waals surface area contributed by atoms with Gasteiger partial charge in [0.05, 0.1) is 26.8 Å². The summed E-state index contributed by atoms with van der Waals surface area (Å²) in [5.74, 6) is 0. The fraction of sp³-hybridized carbons (Fsp3) is 0.308. The zero-order valence-electron chi connectivity index (χ0n) is 18.8. The molecule has 5 rings (SSSR count). The second kappa shape index (κ2) is 10.5. The molecule has 4 aromatic rings. The predicted octanol–water partition coefficient (Wildman–Crippen LogP) is 5.57. The summed E-state index contributed by atoms with van der Waals surface area (Å²) >= 11 is 14.3. The number of benzene rings is 2. The van der Waals surface area contributed by atoms with Crippen LogP contribution in [-0.2, 0) is 13.0 Å². The molecule has 2 aromatic carbocycles. The number of hydrogen-bond acceptors (Lipinski definition) is 5. The Kier molecular flexibility index (Phi) is 7.21. The molecule has 3 heterocycles. The first-order chi connectivity index (χ1) is 16.6. The van der Waals surface area contributed by atoms with E-state index in [0.717, 1.165) is 67.7 Å². The molecule has 1 aliphatic rings. The van der Waals surface area contributed by atoms with Crippen molar-refractivity contribution in [3.05, 3.63) is 90.9 Å². The minimum absolute atomic E-state index is 0.00918. The molecule has 8 heteroatoms. The second-order valence-electron chi connectivity index (χ2n) is 8.58. The first kappa shape index (κ1) is 23.4. The Labute approximate surface area is 213 Å². The van der Waals surface area contributed by atoms with Crippen molar-refractivity contribution in [2.75, 3.05) is 37.6 Å². The first-order valence-corrected chi connectivity index (χ1v) is 13.2. The summed E-state index contributed by atoms with van der Waals surface area (Å²) in [5, 5.41) is 11.9. The topological polar surface area (TPSA) is 41.4 Å². The standard InChI is InChI=1S/C26H26Cl2N4OS/c27-22-7-3-8-24(25(22)28)31-14-12-30(13-15-31)10-4-11-32-26(33)21-6-2-1-5-20(21)23(29-32)17-19-9-16-34-18-19/h1-3,5-9,16,18H,4,10-15,17H2. The van der Waals surface area contributed by atoms with Crippen molar-refractivity contribution in [2.45, 2.75) is 19.4 Å². The van der Waals surface area contributed by atoms with Crippen molar-refractivity contribution in [3.8, 4) is 0 Å². The third kappa shape index (κ3) is 5.01. The SMILES string of the molecule is O=c1c2ccccc2c(Cc2ccsc2)nn1CCCN1CCN(c2cccc(Cl)c2Cl)CC1. The highest BCUT2D eigenvalue weighted by Crippen LogP contribution is 2.32. The Balaban J connectivity index is 1.23. The molecular formula is C26H26Cl2N4OS. The van der Waals surface area contributed by atoms with E-state index in [9.17, 15) is 4.79 Å². The Bertz CT molecular complexity index is 1330. The Morgan fingerprint density at radius 1 is 0.912 bits per heavy atom. The minimum Gasteiger partial charge on any atom is -0.368 e. The molecule has 0 spiro atoms. The lowest BCUT2D eigenvalue weighted by atomic mass is 10.1. The summed E-state index contributed by atoms with van der Waals surface area (Å²) < 4.78 is 1.66. The molecule has 0 aliphatic carbocycles. The molecule has 0 unspecified atom stereocenters. The average molecular weight is 513 g/mol. The normalized spacial score (nSPS) is 14.7. The highest BCUT2D eigenvalue weighted by Gasteiger charge is 2.20. The van der Waals surface area contributed by atoms with Gasteiger partial charge in [0, 0.05) is 51.1 Å². The van der Waals surface area contributed by atoms with E-state index in [1.54, 1.807) is 16.0 Å². The van der Waals surface area contributed by atoms with Gasteiger partial charge < -0.3 is 4.90 Å². The lowest BCUT2D eigenvalue weighted by Crippen LogP contribution is -2.47. The molecule has 1 saturated heterocycles. The van der Waals surface area contributed by atoms with E-state index in [0.29, 0.717) is 16.6 Å². The van der Waals surface area contributed by atoms with E-state index >= 15 is 0 Å². The number of thiophene rings is 1. The van der Waals surface area contributed by atoms with Gasteiger partial charge in [-0.25, -0.2) is 4.68 Å². The Morgan fingerprint density at radius 2 is 1.71 bits per heavy atom. The third-order valence-corrected chi connectivity index (χ3v) is 7.93. The summed E-state index contributed by atoms with van der Waals surface area (Å²) in [6.07, 6.45) is 1.61. The highest BCUT2D eigenvalue weighted by atomic mass is 35.5. The van der Waals surface area contributed by atoms with Crippen LogP contribution in [-0.4, -0.2) is 47.4 Å². The van der Waals surface area contributed by atoms with E-state index in [1.807, 2.05) is 42.5 Å². The molecule has 2 aromatic heterocycles. The molecule has 0 radical (unpaired) electrons. The van der Waals surface area contributed by atoms with Crippen LogP contribution >= 0.6 is 34.5 Å². The third-order valence-electron chi connectivity index (χ3n) is 6.38. The summed E-state index contributed by atoms with van der Waals surface area (Å²) in [6.45, 7) is 5.25. The number of piperazine rings is 1. The summed E-state index contributed by atoms with van der Waals surface area (Å²) in [6, 6.07) is 15.7. The molecule has 0 bridgehead atoms. The second-order valence-corrected chi connectivity index (χ2v) is 10.1. The van der Waals surface area contributed by atoms with Crippen LogP contribution in [0.1, 0.15) is 17.7 Å². The van der Waals surface area contributed by atoms with Gasteiger partial charge in [0.25, 0.3) is 5.56 Å². The number of halogens is 2. The number of aromatic nitrogens is 2. The molecule has 176 valence electrons. The number of nitrogens with zero attached hydrogens (tertiary/aromatic N) is 4. The van der Waals surface area contributed by atoms with Gasteiger partial charge in [-0.15, -0.1) is 0 Å². The van der Waals surface area contributed by atoms with Gasteiger partial charge in [0.15, 0.2) is 0 Å². The molecule has 1 fully saturated rings. The van der Waals surface area contributed by atoms with Crippen LogP contribution in [0.5, 0.6) is 0 Å². The number of fused-ring (bicyclic) bond motifs is 1. The van der Waals surface area contributed by atoms with E-state index in [4.69, 9.17) is 28.3 Å². The van der Waals surface area contributed by atoms with Crippen molar-refractivity contribution in [1.29, 1.82) is 0 Å². The molecule has 0 atom stereocenters. The number of aryl methyl sites for hydroxylation is 1. The van der Waals surface area contributed by atoms with Crippen LogP contribution in [0.25, 0.3) is 10.8 Å². The molecule has 34 heavy (non-hydrogen) atoms. The zero-order chi connectivity index (χ0) is 23.5. The summed E-state index contributed by atoms with van der Waals surface area (Å²) in [4.78, 5) is 17.8. The fourth-order valence-corrected chi connectivity index (χ4v) is 5.65. The molecular weight excluding hydrogens is 487 g/mol. The van der Waals surface area contributed by atoms with Gasteiger partial charge >= 0.3 is 0 Å². The van der Waals surface area contributed by atoms with Crippen molar-refractivity contribution in [3.63, 3.8) is 0 Å². The monoisotopic (exact) mass is 512 g/mol. The number of anilines is 1. The first-order valence-electron chi connectivity index (χ1n) is 11.5. The van der Waals surface area contributed by atoms with E-state index in [-0.39, 0.29) is 5.56 Å². The van der Waals surface area contributed by atoms with Gasteiger partial charge in [0.1, 0.15) is 0 Å². The van der Waals surface area contributed by atoms with Crippen LogP contribution in [0.4, 0.5) is 5.69 Å². The summed E-state index contributed by atoms with van der Waals surface area (Å²) in [7, 11) is 0. The Hall–Kier alpha value is -2.38.